The minimum absolute atomic E-state index is 0.177. The van der Waals surface area contributed by atoms with Crippen molar-refractivity contribution in [2.75, 3.05) is 13.1 Å². The lowest BCUT2D eigenvalue weighted by molar-refractivity contribution is -0.122. The van der Waals surface area contributed by atoms with E-state index < -0.39 is 10.0 Å². The molecule has 1 aliphatic rings. The topological polar surface area (TPSA) is 84.6 Å². The molecule has 0 N–H and O–H groups in total. The van der Waals surface area contributed by atoms with Gasteiger partial charge in [-0.05, 0) is 42.7 Å². The number of benzene rings is 1. The van der Waals surface area contributed by atoms with Crippen molar-refractivity contribution in [2.24, 2.45) is 10.9 Å². The third-order valence-corrected chi connectivity index (χ3v) is 7.29. The van der Waals surface area contributed by atoms with E-state index >= 15 is 0 Å². The van der Waals surface area contributed by atoms with Crippen molar-refractivity contribution in [1.82, 2.24) is 13.9 Å². The van der Waals surface area contributed by atoms with E-state index in [1.54, 1.807) is 12.3 Å². The van der Waals surface area contributed by atoms with Gasteiger partial charge in [-0.1, -0.05) is 36.4 Å². The van der Waals surface area contributed by atoms with E-state index in [4.69, 9.17) is 0 Å². The van der Waals surface area contributed by atoms with Gasteiger partial charge in [-0.3, -0.25) is 9.78 Å². The summed E-state index contributed by atoms with van der Waals surface area (Å²) in [6.45, 7) is 1.21. The Balaban J connectivity index is 1.46. The van der Waals surface area contributed by atoms with E-state index in [-0.39, 0.29) is 16.7 Å². The number of pyridine rings is 2. The molecule has 4 rings (SSSR count). The third-order valence-electron chi connectivity index (χ3n) is 5.41. The zero-order valence-corrected chi connectivity index (χ0v) is 17.9. The van der Waals surface area contributed by atoms with E-state index in [9.17, 15) is 13.2 Å². The maximum absolute atomic E-state index is 12.8. The molecule has 8 heteroatoms. The normalized spacial score (nSPS) is 16.3. The molecule has 3 aromatic rings. The largest absolute Gasteiger partial charge is 0.328 e. The Bertz CT molecular complexity index is 1200. The van der Waals surface area contributed by atoms with E-state index in [0.717, 1.165) is 5.56 Å². The highest BCUT2D eigenvalue weighted by atomic mass is 32.2. The fourth-order valence-electron chi connectivity index (χ4n) is 3.68. The summed E-state index contributed by atoms with van der Waals surface area (Å²) < 4.78 is 28.9. The molecule has 3 heterocycles. The van der Waals surface area contributed by atoms with Gasteiger partial charge in [-0.25, -0.2) is 8.42 Å². The molecule has 0 bridgehead atoms. The average molecular weight is 437 g/mol. The van der Waals surface area contributed by atoms with Crippen LogP contribution in [0, 0.1) is 5.92 Å². The first kappa shape index (κ1) is 21.1. The van der Waals surface area contributed by atoms with E-state index in [2.05, 4.69) is 9.98 Å². The second-order valence-corrected chi connectivity index (χ2v) is 9.43. The Morgan fingerprint density at radius 1 is 1.00 bits per heavy atom. The number of hydrogen-bond acceptors (Lipinski definition) is 4. The number of sulfonamides is 1. The minimum atomic E-state index is -3.59. The zero-order chi connectivity index (χ0) is 21.7. The summed E-state index contributed by atoms with van der Waals surface area (Å²) in [6, 6.07) is 18.7. The Morgan fingerprint density at radius 3 is 2.45 bits per heavy atom. The van der Waals surface area contributed by atoms with Crippen molar-refractivity contribution in [3.8, 4) is 0 Å². The van der Waals surface area contributed by atoms with Crippen molar-refractivity contribution >= 4 is 15.9 Å². The number of nitrogens with zero attached hydrogens (tertiary/aromatic N) is 4. The van der Waals surface area contributed by atoms with Gasteiger partial charge in [0.1, 0.15) is 10.4 Å². The number of amides is 1. The molecule has 0 radical (unpaired) electrons. The summed E-state index contributed by atoms with van der Waals surface area (Å²) in [7, 11) is -3.59. The summed E-state index contributed by atoms with van der Waals surface area (Å²) in [5, 5.41) is 0. The van der Waals surface area contributed by atoms with Gasteiger partial charge in [0.25, 0.3) is 5.91 Å². The highest BCUT2D eigenvalue weighted by Crippen LogP contribution is 2.24. The average Bonchev–Trinajstić information content (AvgIpc) is 2.81. The van der Waals surface area contributed by atoms with Crippen molar-refractivity contribution in [3.05, 3.63) is 90.3 Å². The number of rotatable bonds is 5. The van der Waals surface area contributed by atoms with Crippen LogP contribution in [0.15, 0.2) is 89.1 Å². The predicted molar refractivity (Wildman–Crippen MR) is 116 cm³/mol. The lowest BCUT2D eigenvalue weighted by Gasteiger charge is -2.29. The van der Waals surface area contributed by atoms with Crippen LogP contribution in [0.4, 0.5) is 0 Å². The van der Waals surface area contributed by atoms with Crippen LogP contribution in [0.1, 0.15) is 18.4 Å². The monoisotopic (exact) mass is 436 g/mol. The van der Waals surface area contributed by atoms with E-state index in [1.165, 1.54) is 16.6 Å². The quantitative estimate of drug-likeness (QED) is 0.615. The fraction of sp³-hybridized carbons (Fsp3) is 0.261. The maximum atomic E-state index is 12.8. The van der Waals surface area contributed by atoms with Crippen LogP contribution in [0.5, 0.6) is 0 Å². The third kappa shape index (κ3) is 4.98. The van der Waals surface area contributed by atoms with Crippen LogP contribution in [0.3, 0.4) is 0 Å². The second kappa shape index (κ2) is 9.36. The van der Waals surface area contributed by atoms with Crippen molar-refractivity contribution < 1.29 is 13.2 Å². The van der Waals surface area contributed by atoms with Crippen LogP contribution in [0.2, 0.25) is 0 Å². The summed E-state index contributed by atoms with van der Waals surface area (Å²) in [5.41, 5.74) is 1.72. The highest BCUT2D eigenvalue weighted by molar-refractivity contribution is 7.89. The smallest absolute Gasteiger partial charge is 0.250 e. The standard InChI is InChI=1S/C23H24N4O3S/c28-23(25-22-10-4-5-14-26(22)18-19-7-2-1-3-8-19)20-11-15-27(16-12-20)31(29,30)21-9-6-13-24-17-21/h1-10,13-14,17,20H,11-12,15-16,18H2. The molecular weight excluding hydrogens is 412 g/mol. The molecule has 1 saturated heterocycles. The molecule has 160 valence electrons. The summed E-state index contributed by atoms with van der Waals surface area (Å²) in [4.78, 5) is 21.3. The van der Waals surface area contributed by atoms with Crippen LogP contribution in [-0.2, 0) is 21.4 Å². The molecule has 0 aliphatic carbocycles. The molecule has 2 aromatic heterocycles. The molecule has 1 fully saturated rings. The van der Waals surface area contributed by atoms with Gasteiger partial charge < -0.3 is 4.57 Å². The second-order valence-electron chi connectivity index (χ2n) is 7.49. The van der Waals surface area contributed by atoms with Crippen LogP contribution >= 0.6 is 0 Å². The lowest BCUT2D eigenvalue weighted by Crippen LogP contribution is -2.40. The van der Waals surface area contributed by atoms with Gasteiger partial charge in [0.15, 0.2) is 0 Å². The first-order valence-corrected chi connectivity index (χ1v) is 11.7. The van der Waals surface area contributed by atoms with Crippen LogP contribution in [-0.4, -0.2) is 41.3 Å². The molecule has 1 aromatic carbocycles. The molecule has 1 aliphatic heterocycles. The zero-order valence-electron chi connectivity index (χ0n) is 17.0. The Labute approximate surface area is 181 Å². The van der Waals surface area contributed by atoms with Crippen LogP contribution in [0.25, 0.3) is 0 Å². The molecular formula is C23H24N4O3S. The van der Waals surface area contributed by atoms with E-state index in [0.29, 0.717) is 38.0 Å². The van der Waals surface area contributed by atoms with Crippen molar-refractivity contribution in [1.29, 1.82) is 0 Å². The first-order chi connectivity index (χ1) is 15.0. The molecule has 0 spiro atoms. The summed E-state index contributed by atoms with van der Waals surface area (Å²) in [5.74, 6) is -0.489. The van der Waals surface area contributed by atoms with Gasteiger partial charge in [0.05, 0.1) is 0 Å². The predicted octanol–water partition coefficient (Wildman–Crippen LogP) is 2.46. The Kier molecular flexibility index (Phi) is 6.39. The molecule has 1 amide bonds. The Hall–Kier alpha value is -3.10. The summed E-state index contributed by atoms with van der Waals surface area (Å²) >= 11 is 0. The van der Waals surface area contributed by atoms with Gasteiger partial charge in [0, 0.05) is 44.1 Å². The maximum Gasteiger partial charge on any atom is 0.250 e. The van der Waals surface area contributed by atoms with Gasteiger partial charge in [-0.2, -0.15) is 9.30 Å². The summed E-state index contributed by atoms with van der Waals surface area (Å²) in [6.07, 6.45) is 5.70. The number of piperidine rings is 1. The number of carbonyl (C=O) groups excluding carboxylic acids is 1. The van der Waals surface area contributed by atoms with Gasteiger partial charge >= 0.3 is 0 Å². The molecule has 0 atom stereocenters. The highest BCUT2D eigenvalue weighted by Gasteiger charge is 2.32. The Morgan fingerprint density at radius 2 is 1.74 bits per heavy atom. The minimum Gasteiger partial charge on any atom is -0.328 e. The fourth-order valence-corrected chi connectivity index (χ4v) is 5.11. The van der Waals surface area contributed by atoms with Crippen molar-refractivity contribution in [3.63, 3.8) is 0 Å². The van der Waals surface area contributed by atoms with Gasteiger partial charge in [-0.15, -0.1) is 0 Å². The SMILES string of the molecule is O=C(N=c1ccccn1Cc1ccccc1)C1CCN(S(=O)(=O)c2cccnc2)CC1. The molecule has 0 saturated carbocycles. The molecule has 7 nitrogen and oxygen atoms in total. The molecule has 31 heavy (non-hydrogen) atoms. The van der Waals surface area contributed by atoms with Crippen molar-refractivity contribution in [2.45, 2.75) is 24.3 Å². The van der Waals surface area contributed by atoms with Gasteiger partial charge in [0.2, 0.25) is 10.0 Å². The number of carbonyl (C=O) groups is 1. The van der Waals surface area contributed by atoms with Crippen LogP contribution < -0.4 is 5.49 Å². The first-order valence-electron chi connectivity index (χ1n) is 10.2. The van der Waals surface area contributed by atoms with E-state index in [1.807, 2.05) is 59.3 Å². The molecule has 0 unspecified atom stereocenters. The number of aromatic nitrogens is 2. The number of hydrogen-bond donors (Lipinski definition) is 0. The lowest BCUT2D eigenvalue weighted by atomic mass is 9.97.